The van der Waals surface area contributed by atoms with E-state index < -0.39 is 0 Å². The van der Waals surface area contributed by atoms with Crippen LogP contribution >= 0.6 is 0 Å². The van der Waals surface area contributed by atoms with E-state index in [0.717, 1.165) is 16.8 Å². The lowest BCUT2D eigenvalue weighted by molar-refractivity contribution is 0.395. The van der Waals surface area contributed by atoms with E-state index in [4.69, 9.17) is 4.74 Å². The fourth-order valence-corrected chi connectivity index (χ4v) is 1.39. The summed E-state index contributed by atoms with van der Waals surface area (Å²) in [4.78, 5) is 4.35. The first-order chi connectivity index (χ1) is 7.26. The lowest BCUT2D eigenvalue weighted by atomic mass is 10.1. The maximum atomic E-state index is 5.20. The quantitative estimate of drug-likeness (QED) is 0.683. The first kappa shape index (κ1) is 11.2. The number of allylic oxidation sites excluding steroid dienone is 1. The average molecular weight is 201 g/mol. The van der Waals surface area contributed by atoms with Crippen LogP contribution in [0.15, 0.2) is 31.9 Å². The molecule has 0 aliphatic heterocycles. The normalized spacial score (nSPS) is 9.40. The lowest BCUT2D eigenvalue weighted by Gasteiger charge is -2.09. The summed E-state index contributed by atoms with van der Waals surface area (Å²) in [6.07, 6.45) is 6.02. The molecule has 0 aromatic carbocycles. The van der Waals surface area contributed by atoms with Crippen LogP contribution < -0.4 is 4.74 Å². The molecule has 0 unspecified atom stereocenters. The van der Waals surface area contributed by atoms with Crippen molar-refractivity contribution < 1.29 is 4.74 Å². The number of pyridine rings is 1. The summed E-state index contributed by atoms with van der Waals surface area (Å²) in [6, 6.07) is 1.97. The minimum absolute atomic E-state index is 0.583. The van der Waals surface area contributed by atoms with Gasteiger partial charge >= 0.3 is 0 Å². The molecule has 1 aromatic heterocycles. The molecular formula is C13H15NO. The van der Waals surface area contributed by atoms with E-state index in [1.807, 2.05) is 12.1 Å². The zero-order valence-corrected chi connectivity index (χ0v) is 8.99. The summed E-state index contributed by atoms with van der Waals surface area (Å²) in [6.45, 7) is 11.2. The van der Waals surface area contributed by atoms with Gasteiger partial charge in [0.2, 0.25) is 5.88 Å². The number of ether oxygens (including phenoxy) is 1. The maximum Gasteiger partial charge on any atom is 0.221 e. The fourth-order valence-electron chi connectivity index (χ4n) is 1.39. The van der Waals surface area contributed by atoms with Gasteiger partial charge in [-0.05, 0) is 11.6 Å². The third kappa shape index (κ3) is 2.34. The molecule has 1 heterocycles. The molecule has 0 saturated heterocycles. The molecule has 0 atom stereocenters. The SMILES string of the molecule is C=CCc1cc(C=C)c(C=C)c(OC)n1. The topological polar surface area (TPSA) is 22.1 Å². The van der Waals surface area contributed by atoms with Gasteiger partial charge in [0.1, 0.15) is 0 Å². The van der Waals surface area contributed by atoms with Crippen LogP contribution in [0.2, 0.25) is 0 Å². The minimum Gasteiger partial charge on any atom is -0.481 e. The summed E-state index contributed by atoms with van der Waals surface area (Å²) < 4.78 is 5.20. The van der Waals surface area contributed by atoms with Gasteiger partial charge in [0, 0.05) is 17.7 Å². The Balaban J connectivity index is 3.34. The molecule has 0 spiro atoms. The van der Waals surface area contributed by atoms with E-state index in [-0.39, 0.29) is 0 Å². The first-order valence-corrected chi connectivity index (χ1v) is 4.70. The molecule has 0 N–H and O–H groups in total. The van der Waals surface area contributed by atoms with Crippen molar-refractivity contribution in [2.75, 3.05) is 7.11 Å². The predicted octanol–water partition coefficient (Wildman–Crippen LogP) is 3.10. The van der Waals surface area contributed by atoms with Crippen LogP contribution in [0, 0.1) is 0 Å². The third-order valence-electron chi connectivity index (χ3n) is 2.08. The van der Waals surface area contributed by atoms with Gasteiger partial charge in [-0.2, -0.15) is 0 Å². The van der Waals surface area contributed by atoms with E-state index in [2.05, 4.69) is 24.7 Å². The number of rotatable bonds is 5. The standard InChI is InChI=1S/C13H15NO/c1-5-8-11-9-10(6-2)12(7-3)13(14-11)15-4/h5-7,9H,1-3,8H2,4H3. The summed E-state index contributed by atoms with van der Waals surface area (Å²) in [5, 5.41) is 0. The van der Waals surface area contributed by atoms with Crippen LogP contribution in [0.25, 0.3) is 12.2 Å². The highest BCUT2D eigenvalue weighted by atomic mass is 16.5. The highest BCUT2D eigenvalue weighted by Crippen LogP contribution is 2.23. The van der Waals surface area contributed by atoms with E-state index in [9.17, 15) is 0 Å². The molecule has 0 amide bonds. The molecule has 0 radical (unpaired) electrons. The molecule has 0 saturated carbocycles. The number of methoxy groups -OCH3 is 1. The Kier molecular flexibility index (Phi) is 3.86. The van der Waals surface area contributed by atoms with Crippen molar-refractivity contribution in [1.82, 2.24) is 4.98 Å². The van der Waals surface area contributed by atoms with E-state index in [1.165, 1.54) is 0 Å². The molecule has 1 aromatic rings. The van der Waals surface area contributed by atoms with Crippen LogP contribution in [0.1, 0.15) is 16.8 Å². The van der Waals surface area contributed by atoms with E-state index in [0.29, 0.717) is 12.3 Å². The Hall–Kier alpha value is -1.83. The van der Waals surface area contributed by atoms with E-state index >= 15 is 0 Å². The second-order valence-electron chi connectivity index (χ2n) is 3.03. The minimum atomic E-state index is 0.583. The fraction of sp³-hybridized carbons (Fsp3) is 0.154. The van der Waals surface area contributed by atoms with Crippen LogP contribution in [-0.4, -0.2) is 12.1 Å². The second-order valence-corrected chi connectivity index (χ2v) is 3.03. The van der Waals surface area contributed by atoms with Crippen LogP contribution in [0.4, 0.5) is 0 Å². The first-order valence-electron chi connectivity index (χ1n) is 4.70. The molecule has 0 fully saturated rings. The van der Waals surface area contributed by atoms with Gasteiger partial charge in [-0.25, -0.2) is 4.98 Å². The summed E-state index contributed by atoms with van der Waals surface area (Å²) in [5.74, 6) is 0.583. The molecule has 0 bridgehead atoms. The van der Waals surface area contributed by atoms with E-state index in [1.54, 1.807) is 19.3 Å². The molecule has 1 rings (SSSR count). The number of aromatic nitrogens is 1. The van der Waals surface area contributed by atoms with Crippen molar-refractivity contribution >= 4 is 12.2 Å². The van der Waals surface area contributed by atoms with Crippen molar-refractivity contribution in [1.29, 1.82) is 0 Å². The van der Waals surface area contributed by atoms with Gasteiger partial charge < -0.3 is 4.74 Å². The van der Waals surface area contributed by atoms with Gasteiger partial charge in [-0.15, -0.1) is 6.58 Å². The van der Waals surface area contributed by atoms with Crippen molar-refractivity contribution in [2.24, 2.45) is 0 Å². The largest absolute Gasteiger partial charge is 0.481 e. The Morgan fingerprint density at radius 3 is 2.53 bits per heavy atom. The molecule has 0 aliphatic rings. The van der Waals surface area contributed by atoms with Gasteiger partial charge in [-0.3, -0.25) is 0 Å². The van der Waals surface area contributed by atoms with Crippen molar-refractivity contribution in [3.05, 3.63) is 48.7 Å². The van der Waals surface area contributed by atoms with Crippen molar-refractivity contribution in [3.63, 3.8) is 0 Å². The molecule has 2 heteroatoms. The highest BCUT2D eigenvalue weighted by Gasteiger charge is 2.07. The Morgan fingerprint density at radius 2 is 2.07 bits per heavy atom. The van der Waals surface area contributed by atoms with Crippen LogP contribution in [-0.2, 0) is 6.42 Å². The Labute approximate surface area is 90.6 Å². The van der Waals surface area contributed by atoms with Crippen molar-refractivity contribution in [3.8, 4) is 5.88 Å². The smallest absolute Gasteiger partial charge is 0.221 e. The zero-order chi connectivity index (χ0) is 11.3. The van der Waals surface area contributed by atoms with Gasteiger partial charge in [0.25, 0.3) is 0 Å². The number of hydrogen-bond acceptors (Lipinski definition) is 2. The Bertz CT molecular complexity index is 394. The summed E-state index contributed by atoms with van der Waals surface area (Å²) >= 11 is 0. The summed E-state index contributed by atoms with van der Waals surface area (Å²) in [5.41, 5.74) is 2.77. The molecule has 78 valence electrons. The second kappa shape index (κ2) is 5.15. The number of hydrogen-bond donors (Lipinski definition) is 0. The zero-order valence-electron chi connectivity index (χ0n) is 8.99. The third-order valence-corrected chi connectivity index (χ3v) is 2.08. The molecule has 2 nitrogen and oxygen atoms in total. The van der Waals surface area contributed by atoms with Crippen LogP contribution in [0.3, 0.4) is 0 Å². The highest BCUT2D eigenvalue weighted by molar-refractivity contribution is 5.67. The van der Waals surface area contributed by atoms with Gasteiger partial charge in [0.15, 0.2) is 0 Å². The average Bonchev–Trinajstić information content (AvgIpc) is 2.28. The van der Waals surface area contributed by atoms with Crippen molar-refractivity contribution in [2.45, 2.75) is 6.42 Å². The number of nitrogens with zero attached hydrogens (tertiary/aromatic N) is 1. The van der Waals surface area contributed by atoms with Gasteiger partial charge in [0.05, 0.1) is 7.11 Å². The predicted molar refractivity (Wildman–Crippen MR) is 64.9 cm³/mol. The summed E-state index contributed by atoms with van der Waals surface area (Å²) in [7, 11) is 1.60. The molecule has 0 aliphatic carbocycles. The molecule has 15 heavy (non-hydrogen) atoms. The molecular weight excluding hydrogens is 186 g/mol. The maximum absolute atomic E-state index is 5.20. The monoisotopic (exact) mass is 201 g/mol. The van der Waals surface area contributed by atoms with Crippen LogP contribution in [0.5, 0.6) is 5.88 Å². The lowest BCUT2D eigenvalue weighted by Crippen LogP contribution is -1.98. The van der Waals surface area contributed by atoms with Gasteiger partial charge in [-0.1, -0.05) is 31.4 Å². The Morgan fingerprint density at radius 1 is 1.33 bits per heavy atom.